The molecule has 1 aliphatic heterocycles. The Morgan fingerprint density at radius 1 is 1.17 bits per heavy atom. The standard InChI is InChI=1S/C16H34N2/c1-7-14-12-17-16(8-2,9-3)13-18(14)11-10-15(4,5)6/h14,17H,7-13H2,1-6H3. The third-order valence-electron chi connectivity index (χ3n) is 4.71. The normalized spacial score (nSPS) is 25.3. The Bertz CT molecular complexity index is 238. The van der Waals surface area contributed by atoms with Crippen molar-refractivity contribution in [2.45, 2.75) is 78.8 Å². The molecule has 18 heavy (non-hydrogen) atoms. The molecule has 0 aromatic heterocycles. The average Bonchev–Trinajstić information content (AvgIpc) is 2.35. The van der Waals surface area contributed by atoms with Crippen LogP contribution in [0.5, 0.6) is 0 Å². The van der Waals surface area contributed by atoms with Crippen molar-refractivity contribution in [3.63, 3.8) is 0 Å². The van der Waals surface area contributed by atoms with Gasteiger partial charge in [0, 0.05) is 24.7 Å². The molecule has 2 nitrogen and oxygen atoms in total. The summed E-state index contributed by atoms with van der Waals surface area (Å²) in [7, 11) is 0. The first kappa shape index (κ1) is 16.0. The van der Waals surface area contributed by atoms with E-state index in [0.717, 1.165) is 6.04 Å². The van der Waals surface area contributed by atoms with Crippen molar-refractivity contribution in [3.05, 3.63) is 0 Å². The van der Waals surface area contributed by atoms with Crippen molar-refractivity contribution in [2.24, 2.45) is 5.41 Å². The van der Waals surface area contributed by atoms with Gasteiger partial charge in [-0.05, 0) is 37.6 Å². The van der Waals surface area contributed by atoms with E-state index < -0.39 is 0 Å². The summed E-state index contributed by atoms with van der Waals surface area (Å²) >= 11 is 0. The molecule has 1 atom stereocenters. The first-order valence-electron chi connectivity index (χ1n) is 7.85. The second-order valence-electron chi connectivity index (χ2n) is 7.21. The molecule has 1 heterocycles. The van der Waals surface area contributed by atoms with Crippen molar-refractivity contribution in [2.75, 3.05) is 19.6 Å². The van der Waals surface area contributed by atoms with Crippen LogP contribution < -0.4 is 5.32 Å². The molecule has 0 saturated carbocycles. The van der Waals surface area contributed by atoms with Crippen LogP contribution in [-0.4, -0.2) is 36.1 Å². The van der Waals surface area contributed by atoms with Crippen LogP contribution >= 0.6 is 0 Å². The molecule has 1 rings (SSSR count). The maximum absolute atomic E-state index is 3.82. The van der Waals surface area contributed by atoms with Gasteiger partial charge in [-0.25, -0.2) is 0 Å². The van der Waals surface area contributed by atoms with Gasteiger partial charge in [0.15, 0.2) is 0 Å². The molecule has 0 spiro atoms. The molecule has 1 saturated heterocycles. The SMILES string of the molecule is CCC1CNC(CC)(CC)CN1CCC(C)(C)C. The van der Waals surface area contributed by atoms with Crippen molar-refractivity contribution in [1.82, 2.24) is 10.2 Å². The Morgan fingerprint density at radius 3 is 2.22 bits per heavy atom. The van der Waals surface area contributed by atoms with Gasteiger partial charge < -0.3 is 5.32 Å². The fraction of sp³-hybridized carbons (Fsp3) is 1.00. The topological polar surface area (TPSA) is 15.3 Å². The third kappa shape index (κ3) is 4.24. The number of hydrogen-bond acceptors (Lipinski definition) is 2. The molecule has 1 unspecified atom stereocenters. The van der Waals surface area contributed by atoms with Crippen LogP contribution in [0.25, 0.3) is 0 Å². The molecule has 0 radical (unpaired) electrons. The largest absolute Gasteiger partial charge is 0.308 e. The van der Waals surface area contributed by atoms with Gasteiger partial charge >= 0.3 is 0 Å². The highest BCUT2D eigenvalue weighted by Crippen LogP contribution is 2.26. The molecule has 0 amide bonds. The Morgan fingerprint density at radius 2 is 1.78 bits per heavy atom. The third-order valence-corrected chi connectivity index (χ3v) is 4.71. The fourth-order valence-electron chi connectivity index (χ4n) is 2.90. The van der Waals surface area contributed by atoms with Crippen LogP contribution in [0.1, 0.15) is 67.2 Å². The summed E-state index contributed by atoms with van der Waals surface area (Å²) < 4.78 is 0. The Labute approximate surface area is 115 Å². The minimum absolute atomic E-state index is 0.365. The fourth-order valence-corrected chi connectivity index (χ4v) is 2.90. The minimum Gasteiger partial charge on any atom is -0.308 e. The van der Waals surface area contributed by atoms with Gasteiger partial charge in [0.05, 0.1) is 0 Å². The van der Waals surface area contributed by atoms with E-state index in [2.05, 4.69) is 51.8 Å². The maximum atomic E-state index is 3.82. The number of hydrogen-bond donors (Lipinski definition) is 1. The highest BCUT2D eigenvalue weighted by atomic mass is 15.2. The molecule has 2 heteroatoms. The van der Waals surface area contributed by atoms with E-state index in [4.69, 9.17) is 0 Å². The molecular formula is C16H34N2. The van der Waals surface area contributed by atoms with Crippen molar-refractivity contribution in [1.29, 1.82) is 0 Å². The second-order valence-corrected chi connectivity index (χ2v) is 7.21. The van der Waals surface area contributed by atoms with E-state index in [1.54, 1.807) is 0 Å². The monoisotopic (exact) mass is 254 g/mol. The Kier molecular flexibility index (Phi) is 5.67. The molecule has 0 aromatic carbocycles. The zero-order chi connectivity index (χ0) is 13.8. The van der Waals surface area contributed by atoms with Gasteiger partial charge in [0.2, 0.25) is 0 Å². The lowest BCUT2D eigenvalue weighted by atomic mass is 9.86. The van der Waals surface area contributed by atoms with Crippen LogP contribution in [0, 0.1) is 5.41 Å². The van der Waals surface area contributed by atoms with Crippen LogP contribution in [0.15, 0.2) is 0 Å². The number of rotatable bonds is 5. The van der Waals surface area contributed by atoms with Crippen molar-refractivity contribution >= 4 is 0 Å². The van der Waals surface area contributed by atoms with E-state index in [1.807, 2.05) is 0 Å². The first-order valence-corrected chi connectivity index (χ1v) is 7.85. The smallest absolute Gasteiger partial charge is 0.0304 e. The number of nitrogens with one attached hydrogen (secondary N) is 1. The van der Waals surface area contributed by atoms with Crippen LogP contribution in [-0.2, 0) is 0 Å². The van der Waals surface area contributed by atoms with Gasteiger partial charge in [-0.15, -0.1) is 0 Å². The van der Waals surface area contributed by atoms with Gasteiger partial charge in [-0.2, -0.15) is 0 Å². The van der Waals surface area contributed by atoms with Gasteiger partial charge in [-0.1, -0.05) is 41.5 Å². The highest BCUT2D eigenvalue weighted by Gasteiger charge is 2.36. The predicted molar refractivity (Wildman–Crippen MR) is 81.0 cm³/mol. The summed E-state index contributed by atoms with van der Waals surface area (Å²) in [6, 6.07) is 0.735. The van der Waals surface area contributed by atoms with E-state index in [1.165, 1.54) is 45.3 Å². The van der Waals surface area contributed by atoms with E-state index in [0.29, 0.717) is 11.0 Å². The van der Waals surface area contributed by atoms with Gasteiger partial charge in [0.25, 0.3) is 0 Å². The van der Waals surface area contributed by atoms with E-state index in [9.17, 15) is 0 Å². The lowest BCUT2D eigenvalue weighted by molar-refractivity contribution is 0.0616. The van der Waals surface area contributed by atoms with Gasteiger partial charge in [-0.3, -0.25) is 4.90 Å². The molecule has 1 aliphatic rings. The first-order chi connectivity index (χ1) is 8.36. The molecule has 0 aromatic rings. The van der Waals surface area contributed by atoms with Crippen LogP contribution in [0.3, 0.4) is 0 Å². The minimum atomic E-state index is 0.365. The summed E-state index contributed by atoms with van der Waals surface area (Å²) in [6.45, 7) is 17.7. The summed E-state index contributed by atoms with van der Waals surface area (Å²) in [5, 5.41) is 3.82. The van der Waals surface area contributed by atoms with E-state index >= 15 is 0 Å². The zero-order valence-electron chi connectivity index (χ0n) is 13.5. The van der Waals surface area contributed by atoms with Gasteiger partial charge in [0.1, 0.15) is 0 Å². The second kappa shape index (κ2) is 6.38. The van der Waals surface area contributed by atoms with Crippen LogP contribution in [0.4, 0.5) is 0 Å². The molecule has 1 fully saturated rings. The lowest BCUT2D eigenvalue weighted by Crippen LogP contribution is -2.63. The van der Waals surface area contributed by atoms with Crippen molar-refractivity contribution < 1.29 is 0 Å². The Balaban J connectivity index is 2.64. The quantitative estimate of drug-likeness (QED) is 0.805. The molecule has 0 aliphatic carbocycles. The maximum Gasteiger partial charge on any atom is 0.0304 e. The predicted octanol–water partition coefficient (Wildman–Crippen LogP) is 3.67. The zero-order valence-corrected chi connectivity index (χ0v) is 13.5. The van der Waals surface area contributed by atoms with E-state index in [-0.39, 0.29) is 0 Å². The number of piperazine rings is 1. The number of nitrogens with zero attached hydrogens (tertiary/aromatic N) is 1. The summed E-state index contributed by atoms with van der Waals surface area (Å²) in [5.41, 5.74) is 0.813. The molecule has 0 bridgehead atoms. The summed E-state index contributed by atoms with van der Waals surface area (Å²) in [4.78, 5) is 2.74. The highest BCUT2D eigenvalue weighted by molar-refractivity contribution is 4.96. The average molecular weight is 254 g/mol. The summed E-state index contributed by atoms with van der Waals surface area (Å²) in [6.07, 6.45) is 5.05. The van der Waals surface area contributed by atoms with Crippen molar-refractivity contribution in [3.8, 4) is 0 Å². The molecule has 1 N–H and O–H groups in total. The van der Waals surface area contributed by atoms with Crippen LogP contribution in [0.2, 0.25) is 0 Å². The molecular weight excluding hydrogens is 220 g/mol. The Hall–Kier alpha value is -0.0800. The summed E-state index contributed by atoms with van der Waals surface area (Å²) in [5.74, 6) is 0. The lowest BCUT2D eigenvalue weighted by Gasteiger charge is -2.48. The molecule has 108 valence electrons.